The van der Waals surface area contributed by atoms with E-state index in [1.165, 1.54) is 43.3 Å². The predicted octanol–water partition coefficient (Wildman–Crippen LogP) is 5.60. The van der Waals surface area contributed by atoms with Crippen molar-refractivity contribution in [3.8, 4) is 0 Å². The van der Waals surface area contributed by atoms with Crippen molar-refractivity contribution in [1.82, 2.24) is 9.55 Å². The van der Waals surface area contributed by atoms with E-state index >= 15 is 0 Å². The zero-order chi connectivity index (χ0) is 15.6. The molecule has 23 heavy (non-hydrogen) atoms. The van der Waals surface area contributed by atoms with Crippen LogP contribution in [0.3, 0.4) is 0 Å². The number of hydrogen-bond acceptors (Lipinski definition) is 2. The van der Waals surface area contributed by atoms with Gasteiger partial charge in [0, 0.05) is 17.8 Å². The summed E-state index contributed by atoms with van der Waals surface area (Å²) in [4.78, 5) is 4.61. The lowest BCUT2D eigenvalue weighted by Gasteiger charge is -2.25. The van der Waals surface area contributed by atoms with Crippen molar-refractivity contribution in [1.29, 1.82) is 0 Å². The van der Waals surface area contributed by atoms with E-state index in [9.17, 15) is 0 Å². The Balaban J connectivity index is 0.00000192. The van der Waals surface area contributed by atoms with Crippen molar-refractivity contribution in [2.24, 2.45) is 5.92 Å². The molecule has 0 aliphatic heterocycles. The molecule has 1 N–H and O–H groups in total. The number of aromatic nitrogens is 2. The molecule has 128 valence electrons. The number of imidazole rings is 1. The van der Waals surface area contributed by atoms with Crippen LogP contribution < -0.4 is 5.32 Å². The van der Waals surface area contributed by atoms with Gasteiger partial charge in [-0.05, 0) is 57.2 Å². The van der Waals surface area contributed by atoms with Crippen LogP contribution in [0.15, 0.2) is 24.5 Å². The Labute approximate surface area is 146 Å². The predicted molar refractivity (Wildman–Crippen MR) is 102 cm³/mol. The fourth-order valence-corrected chi connectivity index (χ4v) is 3.43. The Morgan fingerprint density at radius 2 is 1.96 bits per heavy atom. The third-order valence-electron chi connectivity index (χ3n) is 5.38. The molecule has 1 aromatic carbocycles. The van der Waals surface area contributed by atoms with E-state index in [0.29, 0.717) is 0 Å². The van der Waals surface area contributed by atoms with Gasteiger partial charge in [0.25, 0.3) is 0 Å². The Morgan fingerprint density at radius 1 is 1.22 bits per heavy atom. The van der Waals surface area contributed by atoms with Crippen molar-refractivity contribution in [3.05, 3.63) is 24.5 Å². The van der Waals surface area contributed by atoms with Gasteiger partial charge in [-0.15, -0.1) is 12.4 Å². The van der Waals surface area contributed by atoms with Crippen LogP contribution in [0.5, 0.6) is 0 Å². The SMILES string of the molecule is CCC(C)(C)n1cnc2cc(NCC3CCCCC3)ccc21.Cl. The minimum absolute atomic E-state index is 0. The quantitative estimate of drug-likeness (QED) is 0.771. The first-order valence-electron chi connectivity index (χ1n) is 8.81. The molecular weight excluding hydrogens is 306 g/mol. The maximum absolute atomic E-state index is 4.61. The highest BCUT2D eigenvalue weighted by atomic mass is 35.5. The maximum atomic E-state index is 4.61. The lowest BCUT2D eigenvalue weighted by Crippen LogP contribution is -2.24. The molecule has 0 bridgehead atoms. The van der Waals surface area contributed by atoms with Crippen LogP contribution in [-0.2, 0) is 5.54 Å². The molecule has 0 radical (unpaired) electrons. The first-order chi connectivity index (χ1) is 10.6. The highest BCUT2D eigenvalue weighted by molar-refractivity contribution is 5.85. The Bertz CT molecular complexity index is 627. The minimum Gasteiger partial charge on any atom is -0.385 e. The summed E-state index contributed by atoms with van der Waals surface area (Å²) < 4.78 is 2.30. The van der Waals surface area contributed by atoms with Gasteiger partial charge >= 0.3 is 0 Å². The second-order valence-corrected chi connectivity index (χ2v) is 7.37. The Hall–Kier alpha value is -1.22. The standard InChI is InChI=1S/C19H29N3.ClH/c1-4-19(2,3)22-14-21-17-12-16(10-11-18(17)22)20-13-15-8-6-5-7-9-15;/h10-12,14-15,20H,4-9,13H2,1-3H3;1H. The van der Waals surface area contributed by atoms with Crippen LogP contribution in [0.25, 0.3) is 11.0 Å². The van der Waals surface area contributed by atoms with Gasteiger partial charge in [0.15, 0.2) is 0 Å². The first-order valence-corrected chi connectivity index (χ1v) is 8.81. The van der Waals surface area contributed by atoms with Crippen LogP contribution >= 0.6 is 12.4 Å². The third-order valence-corrected chi connectivity index (χ3v) is 5.38. The van der Waals surface area contributed by atoms with Crippen molar-refractivity contribution in [3.63, 3.8) is 0 Å². The van der Waals surface area contributed by atoms with E-state index in [2.05, 4.69) is 53.8 Å². The van der Waals surface area contributed by atoms with E-state index in [-0.39, 0.29) is 17.9 Å². The van der Waals surface area contributed by atoms with Crippen molar-refractivity contribution < 1.29 is 0 Å². The number of anilines is 1. The average Bonchev–Trinajstić information content (AvgIpc) is 2.98. The highest BCUT2D eigenvalue weighted by Crippen LogP contribution is 2.28. The number of hydrogen-bond donors (Lipinski definition) is 1. The molecule has 0 atom stereocenters. The largest absolute Gasteiger partial charge is 0.385 e. The summed E-state index contributed by atoms with van der Waals surface area (Å²) in [5.41, 5.74) is 3.65. The maximum Gasteiger partial charge on any atom is 0.0963 e. The molecule has 1 aliphatic rings. The molecule has 1 aromatic heterocycles. The van der Waals surface area contributed by atoms with E-state index in [4.69, 9.17) is 0 Å². The summed E-state index contributed by atoms with van der Waals surface area (Å²) in [5.74, 6) is 0.848. The molecule has 0 amide bonds. The van der Waals surface area contributed by atoms with Gasteiger partial charge in [-0.2, -0.15) is 0 Å². The number of benzene rings is 1. The Morgan fingerprint density at radius 3 is 2.65 bits per heavy atom. The normalized spacial score (nSPS) is 16.3. The molecule has 1 heterocycles. The number of halogens is 1. The van der Waals surface area contributed by atoms with Crippen LogP contribution in [0.2, 0.25) is 0 Å². The lowest BCUT2D eigenvalue weighted by molar-refractivity contribution is 0.352. The van der Waals surface area contributed by atoms with E-state index in [1.54, 1.807) is 0 Å². The smallest absolute Gasteiger partial charge is 0.0963 e. The topological polar surface area (TPSA) is 29.9 Å². The molecule has 3 rings (SSSR count). The summed E-state index contributed by atoms with van der Waals surface area (Å²) >= 11 is 0. The van der Waals surface area contributed by atoms with Gasteiger partial charge in [-0.25, -0.2) is 4.98 Å². The molecule has 4 heteroatoms. The molecule has 0 saturated heterocycles. The molecular formula is C19H30ClN3. The molecule has 1 aliphatic carbocycles. The fourth-order valence-electron chi connectivity index (χ4n) is 3.43. The zero-order valence-corrected chi connectivity index (χ0v) is 15.5. The van der Waals surface area contributed by atoms with Crippen LogP contribution in [0.4, 0.5) is 5.69 Å². The van der Waals surface area contributed by atoms with Gasteiger partial charge in [-0.3, -0.25) is 0 Å². The monoisotopic (exact) mass is 335 g/mol. The molecule has 0 unspecified atom stereocenters. The summed E-state index contributed by atoms with van der Waals surface area (Å²) in [6, 6.07) is 6.61. The number of nitrogens with zero attached hydrogens (tertiary/aromatic N) is 2. The summed E-state index contributed by atoms with van der Waals surface area (Å²) in [7, 11) is 0. The van der Waals surface area contributed by atoms with Crippen molar-refractivity contribution in [2.45, 2.75) is 64.8 Å². The molecule has 0 spiro atoms. The van der Waals surface area contributed by atoms with Gasteiger partial charge in [-0.1, -0.05) is 26.2 Å². The number of fused-ring (bicyclic) bond motifs is 1. The van der Waals surface area contributed by atoms with Gasteiger partial charge in [0.1, 0.15) is 0 Å². The average molecular weight is 336 g/mol. The fraction of sp³-hybridized carbons (Fsp3) is 0.632. The second-order valence-electron chi connectivity index (χ2n) is 7.37. The molecule has 1 saturated carbocycles. The van der Waals surface area contributed by atoms with E-state index in [1.807, 2.05) is 6.33 Å². The van der Waals surface area contributed by atoms with E-state index < -0.39 is 0 Å². The van der Waals surface area contributed by atoms with E-state index in [0.717, 1.165) is 24.4 Å². The summed E-state index contributed by atoms with van der Waals surface area (Å²) in [6.07, 6.45) is 10.1. The summed E-state index contributed by atoms with van der Waals surface area (Å²) in [5, 5.41) is 3.62. The lowest BCUT2D eigenvalue weighted by atomic mass is 9.89. The highest BCUT2D eigenvalue weighted by Gasteiger charge is 2.20. The minimum atomic E-state index is 0. The Kier molecular flexibility index (Phi) is 5.96. The van der Waals surface area contributed by atoms with Crippen molar-refractivity contribution >= 4 is 29.1 Å². The number of nitrogens with one attached hydrogen (secondary N) is 1. The van der Waals surface area contributed by atoms with Gasteiger partial charge in [0.05, 0.1) is 17.4 Å². The third kappa shape index (κ3) is 4.00. The van der Waals surface area contributed by atoms with Gasteiger partial charge < -0.3 is 9.88 Å². The molecule has 3 nitrogen and oxygen atoms in total. The van der Waals surface area contributed by atoms with Crippen LogP contribution in [0.1, 0.15) is 59.3 Å². The second kappa shape index (κ2) is 7.57. The zero-order valence-electron chi connectivity index (χ0n) is 14.6. The van der Waals surface area contributed by atoms with Crippen molar-refractivity contribution in [2.75, 3.05) is 11.9 Å². The van der Waals surface area contributed by atoms with Crippen LogP contribution in [0, 0.1) is 5.92 Å². The first kappa shape index (κ1) is 18.1. The van der Waals surface area contributed by atoms with Gasteiger partial charge in [0.2, 0.25) is 0 Å². The number of rotatable bonds is 5. The molecule has 1 fully saturated rings. The van der Waals surface area contributed by atoms with Crippen LogP contribution in [-0.4, -0.2) is 16.1 Å². The molecule has 2 aromatic rings. The summed E-state index contributed by atoms with van der Waals surface area (Å²) in [6.45, 7) is 7.87.